The molecule has 1 heterocycles. The van der Waals surface area contributed by atoms with Gasteiger partial charge in [0, 0.05) is 29.2 Å². The fourth-order valence-electron chi connectivity index (χ4n) is 3.19. The van der Waals surface area contributed by atoms with Crippen molar-refractivity contribution in [2.45, 2.75) is 12.8 Å². The Morgan fingerprint density at radius 1 is 1.00 bits per heavy atom. The fraction of sp³-hybridized carbons (Fsp3) is 0.318. The summed E-state index contributed by atoms with van der Waals surface area (Å²) in [5.41, 5.74) is 0.669. The number of halogens is 1. The van der Waals surface area contributed by atoms with Crippen LogP contribution in [0.25, 0.3) is 0 Å². The summed E-state index contributed by atoms with van der Waals surface area (Å²) < 4.78 is 6.42. The van der Waals surface area contributed by atoms with Crippen LogP contribution in [-0.4, -0.2) is 48.9 Å². The van der Waals surface area contributed by atoms with Gasteiger partial charge in [-0.1, -0.05) is 34.1 Å². The van der Waals surface area contributed by atoms with Gasteiger partial charge in [0.25, 0.3) is 5.91 Å². The molecule has 1 aliphatic rings. The first-order valence-corrected chi connectivity index (χ1v) is 10.6. The summed E-state index contributed by atoms with van der Waals surface area (Å²) in [6.07, 6.45) is 1.13. The number of carbonyl (C=O) groups excluding carboxylic acids is 3. The minimum absolute atomic E-state index is 0.0168. The lowest BCUT2D eigenvalue weighted by molar-refractivity contribution is -0.137. The molecule has 3 amide bonds. The quantitative estimate of drug-likeness (QED) is 0.646. The summed E-state index contributed by atoms with van der Waals surface area (Å²) in [5, 5.41) is 5.42. The van der Waals surface area contributed by atoms with Crippen LogP contribution in [0.1, 0.15) is 12.8 Å². The fourth-order valence-corrected chi connectivity index (χ4v) is 3.46. The van der Waals surface area contributed by atoms with E-state index in [4.69, 9.17) is 4.74 Å². The third-order valence-corrected chi connectivity index (χ3v) is 5.40. The Morgan fingerprint density at radius 2 is 1.67 bits per heavy atom. The Kier molecular flexibility index (Phi) is 7.84. The maximum Gasteiger partial charge on any atom is 0.260 e. The summed E-state index contributed by atoms with van der Waals surface area (Å²) in [5.74, 6) is -0.0809. The Bertz CT molecular complexity index is 866. The van der Waals surface area contributed by atoms with Gasteiger partial charge in [0.15, 0.2) is 6.61 Å². The van der Waals surface area contributed by atoms with Crippen LogP contribution in [0.5, 0.6) is 5.75 Å². The van der Waals surface area contributed by atoms with Crippen LogP contribution in [0.15, 0.2) is 59.1 Å². The predicted molar refractivity (Wildman–Crippen MR) is 117 cm³/mol. The number of likely N-dealkylation sites (tertiary alicyclic amines) is 1. The highest BCUT2D eigenvalue weighted by Gasteiger charge is 2.27. The van der Waals surface area contributed by atoms with E-state index in [9.17, 15) is 14.4 Å². The number of anilines is 1. The van der Waals surface area contributed by atoms with Crippen molar-refractivity contribution in [2.24, 2.45) is 5.92 Å². The van der Waals surface area contributed by atoms with E-state index < -0.39 is 0 Å². The number of rotatable bonds is 7. The smallest absolute Gasteiger partial charge is 0.260 e. The average Bonchev–Trinajstić information content (AvgIpc) is 2.78. The predicted octanol–water partition coefficient (Wildman–Crippen LogP) is 2.82. The van der Waals surface area contributed by atoms with Crippen molar-refractivity contribution in [3.8, 4) is 5.75 Å². The van der Waals surface area contributed by atoms with E-state index in [0.717, 1.165) is 4.47 Å². The zero-order valence-electron chi connectivity index (χ0n) is 16.5. The van der Waals surface area contributed by atoms with Gasteiger partial charge in [0.2, 0.25) is 11.8 Å². The van der Waals surface area contributed by atoms with E-state index in [1.807, 2.05) is 30.3 Å². The summed E-state index contributed by atoms with van der Waals surface area (Å²) >= 11 is 3.34. The molecule has 0 aliphatic carbocycles. The SMILES string of the molecule is O=C(CNC(=O)C1CCN(C(=O)COc2ccccc2)CC1)Nc1ccc(Br)cc1. The van der Waals surface area contributed by atoms with Gasteiger partial charge >= 0.3 is 0 Å². The van der Waals surface area contributed by atoms with E-state index in [2.05, 4.69) is 26.6 Å². The second kappa shape index (κ2) is 10.8. The van der Waals surface area contributed by atoms with Crippen LogP contribution in [-0.2, 0) is 14.4 Å². The molecule has 30 heavy (non-hydrogen) atoms. The van der Waals surface area contributed by atoms with E-state index in [1.165, 1.54) is 0 Å². The molecule has 3 rings (SSSR count). The Hall–Kier alpha value is -2.87. The first-order valence-electron chi connectivity index (χ1n) is 9.80. The maximum atomic E-state index is 12.4. The van der Waals surface area contributed by atoms with Gasteiger partial charge in [-0.15, -0.1) is 0 Å². The van der Waals surface area contributed by atoms with Crippen molar-refractivity contribution in [3.05, 3.63) is 59.1 Å². The highest BCUT2D eigenvalue weighted by atomic mass is 79.9. The molecule has 0 unspecified atom stereocenters. The number of ether oxygens (including phenoxy) is 1. The van der Waals surface area contributed by atoms with Crippen molar-refractivity contribution in [1.29, 1.82) is 0 Å². The molecule has 0 atom stereocenters. The first kappa shape index (κ1) is 21.8. The molecule has 7 nitrogen and oxygen atoms in total. The molecule has 2 aromatic rings. The summed E-state index contributed by atoms with van der Waals surface area (Å²) in [4.78, 5) is 38.4. The zero-order valence-corrected chi connectivity index (χ0v) is 18.1. The Balaban J connectivity index is 1.35. The normalized spacial score (nSPS) is 14.1. The molecule has 1 aliphatic heterocycles. The number of piperidine rings is 1. The molecule has 0 saturated carbocycles. The number of hydrogen-bond donors (Lipinski definition) is 2. The van der Waals surface area contributed by atoms with Crippen molar-refractivity contribution >= 4 is 39.3 Å². The van der Waals surface area contributed by atoms with E-state index in [-0.39, 0.29) is 36.8 Å². The van der Waals surface area contributed by atoms with Crippen LogP contribution in [0.3, 0.4) is 0 Å². The van der Waals surface area contributed by atoms with Gasteiger partial charge in [-0.2, -0.15) is 0 Å². The third-order valence-electron chi connectivity index (χ3n) is 4.88. The Morgan fingerprint density at radius 3 is 2.33 bits per heavy atom. The van der Waals surface area contributed by atoms with Crippen LogP contribution < -0.4 is 15.4 Å². The number of para-hydroxylation sites is 1. The summed E-state index contributed by atoms with van der Waals surface area (Å²) in [7, 11) is 0. The van der Waals surface area contributed by atoms with Crippen LogP contribution in [0.2, 0.25) is 0 Å². The molecule has 158 valence electrons. The van der Waals surface area contributed by atoms with E-state index >= 15 is 0 Å². The van der Waals surface area contributed by atoms with Gasteiger partial charge < -0.3 is 20.3 Å². The molecule has 2 N–H and O–H groups in total. The molecule has 0 aromatic heterocycles. The van der Waals surface area contributed by atoms with Crippen LogP contribution in [0.4, 0.5) is 5.69 Å². The standard InChI is InChI=1S/C22H24BrN3O4/c23-17-6-8-18(9-7-17)25-20(27)14-24-22(29)16-10-12-26(13-11-16)21(28)15-30-19-4-2-1-3-5-19/h1-9,16H,10-15H2,(H,24,29)(H,25,27). The van der Waals surface area contributed by atoms with Gasteiger partial charge in [-0.25, -0.2) is 0 Å². The molecular weight excluding hydrogens is 450 g/mol. The topological polar surface area (TPSA) is 87.7 Å². The largest absolute Gasteiger partial charge is 0.484 e. The lowest BCUT2D eigenvalue weighted by atomic mass is 9.96. The van der Waals surface area contributed by atoms with Crippen molar-refractivity contribution in [3.63, 3.8) is 0 Å². The van der Waals surface area contributed by atoms with Crippen LogP contribution >= 0.6 is 15.9 Å². The van der Waals surface area contributed by atoms with Gasteiger partial charge in [0.1, 0.15) is 5.75 Å². The monoisotopic (exact) mass is 473 g/mol. The second-order valence-corrected chi connectivity index (χ2v) is 7.95. The molecule has 2 aromatic carbocycles. The number of benzene rings is 2. The van der Waals surface area contributed by atoms with Gasteiger partial charge in [-0.3, -0.25) is 14.4 Å². The third kappa shape index (κ3) is 6.59. The number of nitrogens with zero attached hydrogens (tertiary/aromatic N) is 1. The number of amides is 3. The maximum absolute atomic E-state index is 12.4. The molecule has 0 spiro atoms. The highest BCUT2D eigenvalue weighted by molar-refractivity contribution is 9.10. The molecular formula is C22H24BrN3O4. The molecule has 0 radical (unpaired) electrons. The van der Waals surface area contributed by atoms with E-state index in [1.54, 1.807) is 29.2 Å². The van der Waals surface area contributed by atoms with Crippen molar-refractivity contribution < 1.29 is 19.1 Å². The number of carbonyl (C=O) groups is 3. The van der Waals surface area contributed by atoms with Gasteiger partial charge in [-0.05, 0) is 49.2 Å². The summed E-state index contributed by atoms with van der Waals surface area (Å²) in [6.45, 7) is 0.899. The lowest BCUT2D eigenvalue weighted by Crippen LogP contribution is -2.45. The molecule has 1 saturated heterocycles. The zero-order chi connectivity index (χ0) is 21.3. The second-order valence-electron chi connectivity index (χ2n) is 7.03. The lowest BCUT2D eigenvalue weighted by Gasteiger charge is -2.31. The average molecular weight is 474 g/mol. The Labute approximate surface area is 183 Å². The molecule has 8 heteroatoms. The number of nitrogens with one attached hydrogen (secondary N) is 2. The number of hydrogen-bond acceptors (Lipinski definition) is 4. The minimum atomic E-state index is -0.281. The molecule has 0 bridgehead atoms. The van der Waals surface area contributed by atoms with Crippen LogP contribution in [0, 0.1) is 5.92 Å². The van der Waals surface area contributed by atoms with E-state index in [0.29, 0.717) is 37.4 Å². The summed E-state index contributed by atoms with van der Waals surface area (Å²) in [6, 6.07) is 16.4. The minimum Gasteiger partial charge on any atom is -0.484 e. The van der Waals surface area contributed by atoms with Crippen molar-refractivity contribution in [1.82, 2.24) is 10.2 Å². The molecule has 1 fully saturated rings. The van der Waals surface area contributed by atoms with Gasteiger partial charge in [0.05, 0.1) is 6.54 Å². The highest BCUT2D eigenvalue weighted by Crippen LogP contribution is 2.18. The van der Waals surface area contributed by atoms with Crippen molar-refractivity contribution in [2.75, 3.05) is 31.6 Å². The first-order chi connectivity index (χ1) is 14.5.